The SMILES string of the molecule is CCCCCCCCCCCC(=O)N[C@@H](CC(=O)c1ccc2ccccc2c1)C(=O)OCC. The zero-order chi connectivity index (χ0) is 23.9. The van der Waals surface area contributed by atoms with Gasteiger partial charge in [0, 0.05) is 18.4 Å². The van der Waals surface area contributed by atoms with Crippen LogP contribution in [0.1, 0.15) is 94.8 Å². The number of benzene rings is 2. The van der Waals surface area contributed by atoms with Gasteiger partial charge < -0.3 is 10.1 Å². The summed E-state index contributed by atoms with van der Waals surface area (Å²) in [5.41, 5.74) is 0.524. The van der Waals surface area contributed by atoms with Crippen LogP contribution in [0.25, 0.3) is 10.8 Å². The highest BCUT2D eigenvalue weighted by Gasteiger charge is 2.25. The molecule has 0 aliphatic heterocycles. The molecule has 0 saturated carbocycles. The third-order valence-corrected chi connectivity index (χ3v) is 5.87. The molecular weight excluding hydrogens is 414 g/mol. The lowest BCUT2D eigenvalue weighted by Gasteiger charge is -2.17. The zero-order valence-corrected chi connectivity index (χ0v) is 20.2. The molecule has 5 heteroatoms. The highest BCUT2D eigenvalue weighted by atomic mass is 16.5. The van der Waals surface area contributed by atoms with Gasteiger partial charge in [-0.05, 0) is 30.2 Å². The Morgan fingerprint density at radius 1 is 0.818 bits per heavy atom. The number of esters is 1. The Morgan fingerprint density at radius 2 is 1.45 bits per heavy atom. The molecule has 2 aromatic rings. The lowest BCUT2D eigenvalue weighted by Crippen LogP contribution is -2.43. The van der Waals surface area contributed by atoms with Crippen LogP contribution in [0.4, 0.5) is 0 Å². The molecule has 180 valence electrons. The quantitative estimate of drug-likeness (QED) is 0.182. The number of Topliss-reactive ketones (excluding diaryl/α,β-unsaturated/α-hetero) is 1. The van der Waals surface area contributed by atoms with Crippen molar-refractivity contribution in [2.75, 3.05) is 6.61 Å². The molecule has 0 heterocycles. The number of carbonyl (C=O) groups excluding carboxylic acids is 3. The van der Waals surface area contributed by atoms with Crippen LogP contribution in [0.3, 0.4) is 0 Å². The van der Waals surface area contributed by atoms with E-state index in [1.54, 1.807) is 13.0 Å². The number of rotatable bonds is 16. The van der Waals surface area contributed by atoms with Crippen molar-refractivity contribution in [3.05, 3.63) is 48.0 Å². The van der Waals surface area contributed by atoms with Gasteiger partial charge in [0.05, 0.1) is 6.61 Å². The van der Waals surface area contributed by atoms with Crippen LogP contribution < -0.4 is 5.32 Å². The van der Waals surface area contributed by atoms with Crippen molar-refractivity contribution >= 4 is 28.4 Å². The minimum atomic E-state index is -0.963. The number of fused-ring (bicyclic) bond motifs is 1. The van der Waals surface area contributed by atoms with Crippen molar-refractivity contribution in [3.63, 3.8) is 0 Å². The number of nitrogens with one attached hydrogen (secondary N) is 1. The zero-order valence-electron chi connectivity index (χ0n) is 20.2. The standard InChI is InChI=1S/C28H39NO4/c1-3-5-6-7-8-9-10-11-12-17-27(31)29-25(28(32)33-4-2)21-26(30)24-19-18-22-15-13-14-16-23(22)20-24/h13-16,18-20,25H,3-12,17,21H2,1-2H3,(H,29,31)/t25-/m0/s1. The first kappa shape index (κ1) is 26.6. The van der Waals surface area contributed by atoms with Gasteiger partial charge in [-0.1, -0.05) is 94.7 Å². The number of ether oxygens (including phenoxy) is 1. The van der Waals surface area contributed by atoms with E-state index >= 15 is 0 Å². The molecule has 1 atom stereocenters. The van der Waals surface area contributed by atoms with E-state index in [1.807, 2.05) is 36.4 Å². The highest BCUT2D eigenvalue weighted by Crippen LogP contribution is 2.18. The molecule has 2 rings (SSSR count). The van der Waals surface area contributed by atoms with Gasteiger partial charge in [-0.15, -0.1) is 0 Å². The van der Waals surface area contributed by atoms with Gasteiger partial charge in [-0.2, -0.15) is 0 Å². The van der Waals surface area contributed by atoms with Gasteiger partial charge in [0.1, 0.15) is 6.04 Å². The number of hydrogen-bond acceptors (Lipinski definition) is 4. The molecule has 33 heavy (non-hydrogen) atoms. The molecule has 0 aromatic heterocycles. The second-order valence-corrected chi connectivity index (χ2v) is 8.64. The van der Waals surface area contributed by atoms with E-state index in [1.165, 1.54) is 38.5 Å². The molecule has 0 saturated heterocycles. The minimum absolute atomic E-state index is 0.110. The summed E-state index contributed by atoms with van der Waals surface area (Å²) in [4.78, 5) is 37.7. The molecular formula is C28H39NO4. The molecule has 1 amide bonds. The van der Waals surface area contributed by atoms with Gasteiger partial charge >= 0.3 is 5.97 Å². The number of carbonyl (C=O) groups is 3. The van der Waals surface area contributed by atoms with E-state index in [2.05, 4.69) is 12.2 Å². The van der Waals surface area contributed by atoms with Crippen LogP contribution in [-0.2, 0) is 14.3 Å². The summed E-state index contributed by atoms with van der Waals surface area (Å²) < 4.78 is 5.10. The van der Waals surface area contributed by atoms with Crippen molar-refractivity contribution in [1.82, 2.24) is 5.32 Å². The summed E-state index contributed by atoms with van der Waals surface area (Å²) in [5.74, 6) is -0.962. The summed E-state index contributed by atoms with van der Waals surface area (Å²) in [5, 5.41) is 4.74. The Hall–Kier alpha value is -2.69. The van der Waals surface area contributed by atoms with E-state index in [0.29, 0.717) is 12.0 Å². The molecule has 0 fully saturated rings. The molecule has 2 aromatic carbocycles. The number of amides is 1. The number of ketones is 1. The van der Waals surface area contributed by atoms with Crippen molar-refractivity contribution in [2.24, 2.45) is 0 Å². The van der Waals surface area contributed by atoms with Gasteiger partial charge in [-0.25, -0.2) is 4.79 Å². The largest absolute Gasteiger partial charge is 0.464 e. The molecule has 0 aliphatic rings. The van der Waals surface area contributed by atoms with Gasteiger partial charge in [0.25, 0.3) is 0 Å². The van der Waals surface area contributed by atoms with E-state index in [-0.39, 0.29) is 24.7 Å². The van der Waals surface area contributed by atoms with Crippen molar-refractivity contribution in [3.8, 4) is 0 Å². The summed E-state index contributed by atoms with van der Waals surface area (Å²) in [6.45, 7) is 4.13. The average molecular weight is 454 g/mol. The van der Waals surface area contributed by atoms with Crippen LogP contribution in [-0.4, -0.2) is 30.3 Å². The number of hydrogen-bond donors (Lipinski definition) is 1. The monoisotopic (exact) mass is 453 g/mol. The molecule has 5 nitrogen and oxygen atoms in total. The first-order valence-electron chi connectivity index (χ1n) is 12.5. The third-order valence-electron chi connectivity index (χ3n) is 5.87. The molecule has 0 radical (unpaired) electrons. The van der Waals surface area contributed by atoms with Gasteiger partial charge in [-0.3, -0.25) is 9.59 Å². The first-order chi connectivity index (χ1) is 16.0. The lowest BCUT2D eigenvalue weighted by molar-refractivity contribution is -0.147. The van der Waals surface area contributed by atoms with Crippen molar-refractivity contribution in [1.29, 1.82) is 0 Å². The van der Waals surface area contributed by atoms with Gasteiger partial charge in [0.2, 0.25) is 5.91 Å². The fourth-order valence-electron chi connectivity index (χ4n) is 3.96. The molecule has 0 bridgehead atoms. The van der Waals surface area contributed by atoms with Crippen LogP contribution in [0.15, 0.2) is 42.5 Å². The van der Waals surface area contributed by atoms with E-state index in [4.69, 9.17) is 4.74 Å². The normalized spacial score (nSPS) is 11.8. The van der Waals surface area contributed by atoms with Crippen LogP contribution in [0, 0.1) is 0 Å². The Morgan fingerprint density at radius 3 is 2.12 bits per heavy atom. The van der Waals surface area contributed by atoms with Crippen LogP contribution >= 0.6 is 0 Å². The smallest absolute Gasteiger partial charge is 0.329 e. The Kier molecular flexibility index (Phi) is 12.2. The predicted molar refractivity (Wildman–Crippen MR) is 133 cm³/mol. The van der Waals surface area contributed by atoms with E-state index in [9.17, 15) is 14.4 Å². The predicted octanol–water partition coefficient (Wildman–Crippen LogP) is 6.38. The average Bonchev–Trinajstić information content (AvgIpc) is 2.82. The minimum Gasteiger partial charge on any atom is -0.464 e. The summed E-state index contributed by atoms with van der Waals surface area (Å²) in [7, 11) is 0. The summed E-state index contributed by atoms with van der Waals surface area (Å²) >= 11 is 0. The van der Waals surface area contributed by atoms with Crippen LogP contribution in [0.2, 0.25) is 0 Å². The van der Waals surface area contributed by atoms with Crippen molar-refractivity contribution < 1.29 is 19.1 Å². The van der Waals surface area contributed by atoms with Crippen molar-refractivity contribution in [2.45, 2.75) is 90.5 Å². The first-order valence-corrected chi connectivity index (χ1v) is 12.5. The Labute approximate surface area is 198 Å². The second-order valence-electron chi connectivity index (χ2n) is 8.64. The Balaban J connectivity index is 1.82. The molecule has 0 aliphatic carbocycles. The van der Waals surface area contributed by atoms with Gasteiger partial charge in [0.15, 0.2) is 5.78 Å². The lowest BCUT2D eigenvalue weighted by atomic mass is 10.00. The fraction of sp³-hybridized carbons (Fsp3) is 0.536. The molecule has 0 unspecified atom stereocenters. The highest BCUT2D eigenvalue weighted by molar-refractivity contribution is 6.02. The van der Waals surface area contributed by atoms with E-state index in [0.717, 1.165) is 30.0 Å². The summed E-state index contributed by atoms with van der Waals surface area (Å²) in [6.07, 6.45) is 10.8. The third kappa shape index (κ3) is 9.77. The maximum Gasteiger partial charge on any atom is 0.329 e. The summed E-state index contributed by atoms with van der Waals surface area (Å²) in [6, 6.07) is 12.3. The second kappa shape index (κ2) is 15.2. The topological polar surface area (TPSA) is 72.5 Å². The maximum atomic E-state index is 12.9. The van der Waals surface area contributed by atoms with E-state index < -0.39 is 12.0 Å². The Bertz CT molecular complexity index is 892. The molecule has 1 N–H and O–H groups in total. The maximum absolute atomic E-state index is 12.9. The molecule has 0 spiro atoms. The fourth-order valence-corrected chi connectivity index (χ4v) is 3.96. The van der Waals surface area contributed by atoms with Crippen LogP contribution in [0.5, 0.6) is 0 Å². The number of unbranched alkanes of at least 4 members (excludes halogenated alkanes) is 8.